The second kappa shape index (κ2) is 8.50. The number of hydrogen-bond donors (Lipinski definition) is 1. The van der Waals surface area contributed by atoms with Gasteiger partial charge in [-0.15, -0.1) is 0 Å². The lowest BCUT2D eigenvalue weighted by Gasteiger charge is -2.14. The molecule has 0 atom stereocenters. The molecule has 132 valence electrons. The van der Waals surface area contributed by atoms with E-state index >= 15 is 0 Å². The number of benzene rings is 2. The summed E-state index contributed by atoms with van der Waals surface area (Å²) in [6.45, 7) is 3.93. The zero-order valence-electron chi connectivity index (χ0n) is 14.4. The fourth-order valence-electron chi connectivity index (χ4n) is 3.04. The van der Waals surface area contributed by atoms with Crippen LogP contribution in [0.3, 0.4) is 0 Å². The molecule has 0 bridgehead atoms. The van der Waals surface area contributed by atoms with Crippen LogP contribution in [0.4, 0.5) is 0 Å². The highest BCUT2D eigenvalue weighted by molar-refractivity contribution is 9.10. The Morgan fingerprint density at radius 2 is 1.80 bits per heavy atom. The molecule has 0 spiro atoms. The maximum Gasteiger partial charge on any atom is 0.252 e. The number of nitrogens with zero attached hydrogens (tertiary/aromatic N) is 1. The van der Waals surface area contributed by atoms with Crippen molar-refractivity contribution in [2.24, 2.45) is 0 Å². The molecule has 1 saturated heterocycles. The van der Waals surface area contributed by atoms with E-state index in [4.69, 9.17) is 4.74 Å². The predicted molar refractivity (Wildman–Crippen MR) is 103 cm³/mol. The molecule has 2 aromatic rings. The summed E-state index contributed by atoms with van der Waals surface area (Å²) < 4.78 is 5.94. The first-order valence-corrected chi connectivity index (χ1v) is 9.37. The van der Waals surface area contributed by atoms with Gasteiger partial charge < -0.3 is 10.1 Å². The van der Waals surface area contributed by atoms with Crippen molar-refractivity contribution in [3.8, 4) is 5.75 Å². The van der Waals surface area contributed by atoms with Gasteiger partial charge in [0.2, 0.25) is 0 Å². The van der Waals surface area contributed by atoms with Gasteiger partial charge in [0.25, 0.3) is 5.91 Å². The number of likely N-dealkylation sites (tertiary alicyclic amines) is 1. The lowest BCUT2D eigenvalue weighted by Crippen LogP contribution is -2.23. The lowest BCUT2D eigenvalue weighted by molar-refractivity contribution is 0.0950. The molecule has 1 aliphatic rings. The van der Waals surface area contributed by atoms with Gasteiger partial charge in [-0.1, -0.05) is 24.3 Å². The molecule has 1 heterocycles. The van der Waals surface area contributed by atoms with E-state index < -0.39 is 0 Å². The van der Waals surface area contributed by atoms with Crippen molar-refractivity contribution in [3.05, 3.63) is 63.6 Å². The van der Waals surface area contributed by atoms with Gasteiger partial charge in [-0.3, -0.25) is 9.69 Å². The maximum absolute atomic E-state index is 12.4. The summed E-state index contributed by atoms with van der Waals surface area (Å²) in [5.41, 5.74) is 3.00. The van der Waals surface area contributed by atoms with Crippen LogP contribution in [0.2, 0.25) is 0 Å². The van der Waals surface area contributed by atoms with Crippen molar-refractivity contribution in [1.82, 2.24) is 10.2 Å². The first-order valence-electron chi connectivity index (χ1n) is 8.57. The summed E-state index contributed by atoms with van der Waals surface area (Å²) in [4.78, 5) is 14.9. The van der Waals surface area contributed by atoms with E-state index in [0.717, 1.165) is 16.6 Å². The minimum Gasteiger partial charge on any atom is -0.497 e. The fraction of sp³-hybridized carbons (Fsp3) is 0.350. The van der Waals surface area contributed by atoms with Crippen LogP contribution in [0.15, 0.2) is 46.9 Å². The predicted octanol–water partition coefficient (Wildman–Crippen LogP) is 3.98. The smallest absolute Gasteiger partial charge is 0.252 e. The van der Waals surface area contributed by atoms with Crippen LogP contribution in [-0.4, -0.2) is 31.0 Å². The number of methoxy groups -OCH3 is 1. The average Bonchev–Trinajstić information content (AvgIpc) is 3.14. The summed E-state index contributed by atoms with van der Waals surface area (Å²) in [6, 6.07) is 13.9. The average molecular weight is 403 g/mol. The van der Waals surface area contributed by atoms with E-state index in [1.165, 1.54) is 31.5 Å². The third-order valence-corrected chi connectivity index (χ3v) is 5.19. The Hall–Kier alpha value is -1.85. The van der Waals surface area contributed by atoms with Crippen molar-refractivity contribution in [2.75, 3.05) is 20.2 Å². The number of nitrogens with one attached hydrogen (secondary N) is 1. The molecular weight excluding hydrogens is 380 g/mol. The number of halogens is 1. The molecule has 1 fully saturated rings. The van der Waals surface area contributed by atoms with Gasteiger partial charge in [0.1, 0.15) is 5.75 Å². The highest BCUT2D eigenvalue weighted by Crippen LogP contribution is 2.22. The van der Waals surface area contributed by atoms with Crippen LogP contribution in [0.5, 0.6) is 5.75 Å². The Labute approximate surface area is 157 Å². The molecule has 2 aromatic carbocycles. The van der Waals surface area contributed by atoms with Crippen LogP contribution in [0.1, 0.15) is 34.3 Å². The first-order chi connectivity index (χ1) is 12.2. The summed E-state index contributed by atoms with van der Waals surface area (Å²) in [5.74, 6) is 0.548. The van der Waals surface area contributed by atoms with Crippen LogP contribution < -0.4 is 10.1 Å². The zero-order valence-corrected chi connectivity index (χ0v) is 16.0. The van der Waals surface area contributed by atoms with Gasteiger partial charge in [-0.05, 0) is 71.2 Å². The number of ether oxygens (including phenoxy) is 1. The second-order valence-corrected chi connectivity index (χ2v) is 7.18. The Morgan fingerprint density at radius 1 is 1.12 bits per heavy atom. The Kier molecular flexibility index (Phi) is 6.10. The molecule has 3 rings (SSSR count). The van der Waals surface area contributed by atoms with Gasteiger partial charge in [-0.2, -0.15) is 0 Å². The maximum atomic E-state index is 12.4. The molecule has 5 heteroatoms. The highest BCUT2D eigenvalue weighted by Gasteiger charge is 2.13. The number of rotatable bonds is 6. The zero-order chi connectivity index (χ0) is 17.6. The molecule has 1 aliphatic heterocycles. The minimum absolute atomic E-state index is 0.119. The third-order valence-electron chi connectivity index (χ3n) is 4.50. The molecule has 1 amide bonds. The standard InChI is InChI=1S/C20H23BrN2O2/c1-25-17-8-9-19(21)18(12-17)20(24)22-13-15-4-6-16(7-5-15)14-23-10-2-3-11-23/h4-9,12H,2-3,10-11,13-14H2,1H3,(H,22,24). The number of hydrogen-bond acceptors (Lipinski definition) is 3. The second-order valence-electron chi connectivity index (χ2n) is 6.33. The Balaban J connectivity index is 1.56. The van der Waals surface area contributed by atoms with E-state index in [0.29, 0.717) is 17.9 Å². The van der Waals surface area contributed by atoms with Crippen LogP contribution in [0.25, 0.3) is 0 Å². The van der Waals surface area contributed by atoms with Crippen molar-refractivity contribution in [3.63, 3.8) is 0 Å². The molecule has 0 aromatic heterocycles. The van der Waals surface area contributed by atoms with Crippen molar-refractivity contribution in [1.29, 1.82) is 0 Å². The monoisotopic (exact) mass is 402 g/mol. The van der Waals surface area contributed by atoms with E-state index in [1.807, 2.05) is 12.1 Å². The van der Waals surface area contributed by atoms with Crippen LogP contribution >= 0.6 is 15.9 Å². The quantitative estimate of drug-likeness (QED) is 0.793. The van der Waals surface area contributed by atoms with Crippen LogP contribution in [0, 0.1) is 0 Å². The van der Waals surface area contributed by atoms with E-state index in [9.17, 15) is 4.79 Å². The van der Waals surface area contributed by atoms with Gasteiger partial charge in [-0.25, -0.2) is 0 Å². The minimum atomic E-state index is -0.119. The molecule has 0 aliphatic carbocycles. The molecule has 1 N–H and O–H groups in total. The SMILES string of the molecule is COc1ccc(Br)c(C(=O)NCc2ccc(CN3CCCC3)cc2)c1. The van der Waals surface area contributed by atoms with Gasteiger partial charge in [0.05, 0.1) is 12.7 Å². The van der Waals surface area contributed by atoms with E-state index in [-0.39, 0.29) is 5.91 Å². The highest BCUT2D eigenvalue weighted by atomic mass is 79.9. The third kappa shape index (κ3) is 4.83. The first kappa shape index (κ1) is 18.0. The van der Waals surface area contributed by atoms with Gasteiger partial charge in [0.15, 0.2) is 0 Å². The molecular formula is C20H23BrN2O2. The van der Waals surface area contributed by atoms with E-state index in [1.54, 1.807) is 13.2 Å². The van der Waals surface area contributed by atoms with Gasteiger partial charge >= 0.3 is 0 Å². The molecule has 0 unspecified atom stereocenters. The topological polar surface area (TPSA) is 41.6 Å². The summed E-state index contributed by atoms with van der Waals surface area (Å²) in [6.07, 6.45) is 2.62. The Morgan fingerprint density at radius 3 is 2.48 bits per heavy atom. The molecule has 0 saturated carbocycles. The Bertz CT molecular complexity index is 725. The molecule has 25 heavy (non-hydrogen) atoms. The van der Waals surface area contributed by atoms with Crippen LogP contribution in [-0.2, 0) is 13.1 Å². The summed E-state index contributed by atoms with van der Waals surface area (Å²) in [5, 5.41) is 2.97. The molecule has 4 nitrogen and oxygen atoms in total. The summed E-state index contributed by atoms with van der Waals surface area (Å²) >= 11 is 3.42. The fourth-order valence-corrected chi connectivity index (χ4v) is 3.47. The van der Waals surface area contributed by atoms with E-state index in [2.05, 4.69) is 50.4 Å². The largest absolute Gasteiger partial charge is 0.497 e. The number of carbonyl (C=O) groups excluding carboxylic acids is 1. The van der Waals surface area contributed by atoms with Crippen molar-refractivity contribution >= 4 is 21.8 Å². The number of carbonyl (C=O) groups is 1. The lowest BCUT2D eigenvalue weighted by atomic mass is 10.1. The van der Waals surface area contributed by atoms with Gasteiger partial charge in [0, 0.05) is 17.6 Å². The molecule has 0 radical (unpaired) electrons. The summed E-state index contributed by atoms with van der Waals surface area (Å²) in [7, 11) is 1.59. The normalized spacial score (nSPS) is 14.5. The van der Waals surface area contributed by atoms with Crippen molar-refractivity contribution < 1.29 is 9.53 Å². The number of amides is 1. The van der Waals surface area contributed by atoms with Crippen molar-refractivity contribution in [2.45, 2.75) is 25.9 Å².